The molecule has 144 valence electrons. The number of phenols is 1. The molecule has 1 unspecified atom stereocenters. The van der Waals surface area contributed by atoms with Crippen molar-refractivity contribution < 1.29 is 14.6 Å². The lowest BCUT2D eigenvalue weighted by molar-refractivity contribution is -0.123. The van der Waals surface area contributed by atoms with Crippen molar-refractivity contribution >= 4 is 5.91 Å². The summed E-state index contributed by atoms with van der Waals surface area (Å²) in [6.45, 7) is 0.878. The van der Waals surface area contributed by atoms with Crippen LogP contribution < -0.4 is 15.4 Å². The van der Waals surface area contributed by atoms with Crippen molar-refractivity contribution in [3.05, 3.63) is 83.9 Å². The van der Waals surface area contributed by atoms with Crippen LogP contribution in [-0.4, -0.2) is 28.1 Å². The molecule has 0 spiro atoms. The summed E-state index contributed by atoms with van der Waals surface area (Å²) in [4.78, 5) is 20.9. The van der Waals surface area contributed by atoms with Gasteiger partial charge in [-0.1, -0.05) is 6.07 Å². The quantitative estimate of drug-likeness (QED) is 0.557. The molecule has 0 aliphatic carbocycles. The van der Waals surface area contributed by atoms with Gasteiger partial charge in [-0.2, -0.15) is 0 Å². The van der Waals surface area contributed by atoms with Crippen LogP contribution in [0.3, 0.4) is 0 Å². The van der Waals surface area contributed by atoms with Crippen molar-refractivity contribution in [3.8, 4) is 11.5 Å². The van der Waals surface area contributed by atoms with E-state index in [0.717, 1.165) is 11.1 Å². The zero-order valence-electron chi connectivity index (χ0n) is 15.5. The predicted molar refractivity (Wildman–Crippen MR) is 105 cm³/mol. The number of phenolic OH excluding ortho intramolecular Hbond substituents is 1. The van der Waals surface area contributed by atoms with Crippen molar-refractivity contribution in [3.63, 3.8) is 0 Å². The van der Waals surface area contributed by atoms with Crippen molar-refractivity contribution in [1.82, 2.24) is 20.6 Å². The van der Waals surface area contributed by atoms with E-state index in [9.17, 15) is 9.90 Å². The number of nitrogens with one attached hydrogen (secondary N) is 2. The highest BCUT2D eigenvalue weighted by Crippen LogP contribution is 2.29. The smallest absolute Gasteiger partial charge is 0.242 e. The Kier molecular flexibility index (Phi) is 6.54. The number of aromatic hydroxyl groups is 1. The minimum absolute atomic E-state index is 0.0244. The number of pyridine rings is 2. The molecule has 3 N–H and O–H groups in total. The summed E-state index contributed by atoms with van der Waals surface area (Å²) in [5.41, 5.74) is 2.66. The summed E-state index contributed by atoms with van der Waals surface area (Å²) in [6.07, 6.45) is 6.79. The van der Waals surface area contributed by atoms with E-state index in [1.165, 1.54) is 13.2 Å². The topological polar surface area (TPSA) is 96.4 Å². The molecule has 3 aromatic rings. The first kappa shape index (κ1) is 19.3. The maximum absolute atomic E-state index is 12.9. The molecule has 0 saturated carbocycles. The number of methoxy groups -OCH3 is 1. The fourth-order valence-corrected chi connectivity index (χ4v) is 2.75. The van der Waals surface area contributed by atoms with Gasteiger partial charge in [-0.05, 0) is 53.1 Å². The Morgan fingerprint density at radius 3 is 2.21 bits per heavy atom. The molecular formula is C21H22N4O3. The number of benzene rings is 1. The number of carbonyl (C=O) groups excluding carboxylic acids is 1. The Morgan fingerprint density at radius 1 is 1.00 bits per heavy atom. The molecule has 7 nitrogen and oxygen atoms in total. The van der Waals surface area contributed by atoms with Gasteiger partial charge in [-0.15, -0.1) is 0 Å². The molecule has 0 bridgehead atoms. The lowest BCUT2D eigenvalue weighted by atomic mass is 10.0. The minimum atomic E-state index is -0.621. The van der Waals surface area contributed by atoms with Gasteiger partial charge in [0.1, 0.15) is 6.04 Å². The van der Waals surface area contributed by atoms with Gasteiger partial charge in [0.05, 0.1) is 7.11 Å². The van der Waals surface area contributed by atoms with Gasteiger partial charge in [0.2, 0.25) is 5.91 Å². The zero-order chi connectivity index (χ0) is 19.8. The molecule has 1 amide bonds. The molecule has 0 saturated heterocycles. The standard InChI is InChI=1S/C21H22N4O3/c1-28-19-12-17(2-3-18(19)26)20(24-13-15-4-8-22-9-5-15)21(27)25-14-16-6-10-23-11-7-16/h2-12,20,24,26H,13-14H2,1H3,(H,25,27). The van der Waals surface area contributed by atoms with Gasteiger partial charge in [-0.3, -0.25) is 20.1 Å². The number of rotatable bonds is 8. The van der Waals surface area contributed by atoms with Crippen LogP contribution in [0.2, 0.25) is 0 Å². The van der Waals surface area contributed by atoms with E-state index in [0.29, 0.717) is 24.4 Å². The summed E-state index contributed by atoms with van der Waals surface area (Å²) >= 11 is 0. The van der Waals surface area contributed by atoms with Crippen LogP contribution in [0.1, 0.15) is 22.7 Å². The molecule has 0 aliphatic heterocycles. The fourth-order valence-electron chi connectivity index (χ4n) is 2.75. The average Bonchev–Trinajstić information content (AvgIpc) is 2.75. The van der Waals surface area contributed by atoms with Gasteiger partial charge in [0.25, 0.3) is 0 Å². The van der Waals surface area contributed by atoms with Crippen molar-refractivity contribution in [2.24, 2.45) is 0 Å². The van der Waals surface area contributed by atoms with Crippen LogP contribution >= 0.6 is 0 Å². The molecule has 3 rings (SSSR count). The molecule has 0 fully saturated rings. The normalized spacial score (nSPS) is 11.6. The largest absolute Gasteiger partial charge is 0.504 e. The van der Waals surface area contributed by atoms with E-state index in [4.69, 9.17) is 4.74 Å². The van der Waals surface area contributed by atoms with Gasteiger partial charge < -0.3 is 15.2 Å². The van der Waals surface area contributed by atoms with Crippen LogP contribution in [0.4, 0.5) is 0 Å². The summed E-state index contributed by atoms with van der Waals surface area (Å²) < 4.78 is 5.18. The predicted octanol–water partition coefficient (Wildman–Crippen LogP) is 2.34. The highest BCUT2D eigenvalue weighted by Gasteiger charge is 2.21. The summed E-state index contributed by atoms with van der Waals surface area (Å²) in [7, 11) is 1.47. The fraction of sp³-hybridized carbons (Fsp3) is 0.190. The Balaban J connectivity index is 1.77. The van der Waals surface area contributed by atoms with E-state index in [-0.39, 0.29) is 11.7 Å². The summed E-state index contributed by atoms with van der Waals surface area (Å²) in [6, 6.07) is 11.7. The Hall–Kier alpha value is -3.45. The number of hydrogen-bond acceptors (Lipinski definition) is 6. The third kappa shape index (κ3) is 5.05. The first-order chi connectivity index (χ1) is 13.7. The number of nitrogens with zero attached hydrogens (tertiary/aromatic N) is 2. The first-order valence-electron chi connectivity index (χ1n) is 8.83. The number of carbonyl (C=O) groups is 1. The van der Waals surface area contributed by atoms with E-state index < -0.39 is 6.04 Å². The maximum Gasteiger partial charge on any atom is 0.242 e. The maximum atomic E-state index is 12.9. The van der Waals surface area contributed by atoms with Gasteiger partial charge in [-0.25, -0.2) is 0 Å². The molecule has 0 radical (unpaired) electrons. The molecule has 1 atom stereocenters. The Bertz CT molecular complexity index is 904. The molecular weight excluding hydrogens is 356 g/mol. The minimum Gasteiger partial charge on any atom is -0.504 e. The average molecular weight is 378 g/mol. The third-order valence-corrected chi connectivity index (χ3v) is 4.28. The summed E-state index contributed by atoms with van der Waals surface area (Å²) in [5.74, 6) is 0.157. The van der Waals surface area contributed by atoms with Gasteiger partial charge in [0.15, 0.2) is 11.5 Å². The second kappa shape index (κ2) is 9.48. The van der Waals surface area contributed by atoms with Crippen LogP contribution in [0.5, 0.6) is 11.5 Å². The Morgan fingerprint density at radius 2 is 1.61 bits per heavy atom. The molecule has 7 heteroatoms. The molecule has 2 heterocycles. The van der Waals surface area contributed by atoms with Crippen LogP contribution in [0.15, 0.2) is 67.3 Å². The SMILES string of the molecule is COc1cc(C(NCc2ccncc2)C(=O)NCc2ccncc2)ccc1O. The number of aromatic nitrogens is 2. The van der Waals surface area contributed by atoms with E-state index in [2.05, 4.69) is 20.6 Å². The lowest BCUT2D eigenvalue weighted by Gasteiger charge is -2.20. The lowest BCUT2D eigenvalue weighted by Crippen LogP contribution is -2.37. The zero-order valence-corrected chi connectivity index (χ0v) is 15.5. The first-order valence-corrected chi connectivity index (χ1v) is 8.83. The Labute approximate surface area is 163 Å². The number of amides is 1. The second-order valence-electron chi connectivity index (χ2n) is 6.17. The highest BCUT2D eigenvalue weighted by molar-refractivity contribution is 5.83. The summed E-state index contributed by atoms with van der Waals surface area (Å²) in [5, 5.41) is 16.1. The highest BCUT2D eigenvalue weighted by atomic mass is 16.5. The van der Waals surface area contributed by atoms with Crippen molar-refractivity contribution in [2.75, 3.05) is 7.11 Å². The van der Waals surface area contributed by atoms with Crippen LogP contribution in [0, 0.1) is 0 Å². The van der Waals surface area contributed by atoms with Gasteiger partial charge in [0, 0.05) is 37.9 Å². The van der Waals surface area contributed by atoms with Crippen LogP contribution in [-0.2, 0) is 17.9 Å². The van der Waals surface area contributed by atoms with Crippen molar-refractivity contribution in [1.29, 1.82) is 0 Å². The van der Waals surface area contributed by atoms with E-state index in [1.54, 1.807) is 36.9 Å². The monoisotopic (exact) mass is 378 g/mol. The third-order valence-electron chi connectivity index (χ3n) is 4.28. The van der Waals surface area contributed by atoms with Crippen LogP contribution in [0.25, 0.3) is 0 Å². The van der Waals surface area contributed by atoms with E-state index >= 15 is 0 Å². The number of hydrogen-bond donors (Lipinski definition) is 3. The molecule has 2 aromatic heterocycles. The van der Waals surface area contributed by atoms with Gasteiger partial charge >= 0.3 is 0 Å². The second-order valence-corrected chi connectivity index (χ2v) is 6.17. The number of ether oxygens (including phenoxy) is 1. The molecule has 1 aromatic carbocycles. The van der Waals surface area contributed by atoms with E-state index in [1.807, 2.05) is 24.3 Å². The molecule has 0 aliphatic rings. The van der Waals surface area contributed by atoms with Crippen molar-refractivity contribution in [2.45, 2.75) is 19.1 Å². The molecule has 28 heavy (non-hydrogen) atoms.